The molecule has 4 nitrogen and oxygen atoms in total. The molecule has 0 unspecified atom stereocenters. The van der Waals surface area contributed by atoms with Crippen LogP contribution in [0, 0.1) is 0 Å². The van der Waals surface area contributed by atoms with Crippen molar-refractivity contribution in [1.29, 1.82) is 0 Å². The average molecular weight is 283 g/mol. The van der Waals surface area contributed by atoms with Crippen molar-refractivity contribution >= 4 is 5.97 Å². The van der Waals surface area contributed by atoms with Crippen LogP contribution in [0.1, 0.15) is 41.7 Å². The van der Waals surface area contributed by atoms with Crippen LogP contribution in [0.3, 0.4) is 0 Å². The standard InChI is InChI=1S/C17H19N2O2/c20-17(21-15-8-4-5-9-15)16-13-19(11-10-18-16)12-14-6-2-1-3-7-14/h1-3,6-7,10-11,13,15H,4-5,8-9,12H2/q+1. The second-order valence-corrected chi connectivity index (χ2v) is 5.41. The van der Waals surface area contributed by atoms with Crippen LogP contribution in [0.4, 0.5) is 0 Å². The second-order valence-electron chi connectivity index (χ2n) is 5.41. The minimum absolute atomic E-state index is 0.0714. The molecule has 1 aromatic heterocycles. The molecule has 1 aliphatic rings. The van der Waals surface area contributed by atoms with Crippen LogP contribution in [0.25, 0.3) is 0 Å². The van der Waals surface area contributed by atoms with E-state index in [2.05, 4.69) is 17.1 Å². The molecule has 0 atom stereocenters. The van der Waals surface area contributed by atoms with Gasteiger partial charge in [0.1, 0.15) is 6.10 Å². The molecule has 108 valence electrons. The van der Waals surface area contributed by atoms with Gasteiger partial charge in [0, 0.05) is 5.56 Å². The van der Waals surface area contributed by atoms with Gasteiger partial charge in [0.2, 0.25) is 11.9 Å². The van der Waals surface area contributed by atoms with E-state index in [9.17, 15) is 4.79 Å². The van der Waals surface area contributed by atoms with Crippen LogP contribution >= 0.6 is 0 Å². The minimum atomic E-state index is -0.315. The fourth-order valence-electron chi connectivity index (χ4n) is 2.65. The third-order valence-corrected chi connectivity index (χ3v) is 3.75. The maximum atomic E-state index is 12.1. The van der Waals surface area contributed by atoms with E-state index in [0.29, 0.717) is 12.2 Å². The lowest BCUT2D eigenvalue weighted by atomic mass is 10.2. The fourth-order valence-corrected chi connectivity index (χ4v) is 2.65. The number of carbonyl (C=O) groups is 1. The quantitative estimate of drug-likeness (QED) is 0.639. The van der Waals surface area contributed by atoms with Crippen LogP contribution in [-0.4, -0.2) is 17.1 Å². The van der Waals surface area contributed by atoms with Crippen molar-refractivity contribution in [3.63, 3.8) is 0 Å². The minimum Gasteiger partial charge on any atom is -0.457 e. The number of carbonyl (C=O) groups excluding carboxylic acids is 1. The lowest BCUT2D eigenvalue weighted by Crippen LogP contribution is -2.35. The van der Waals surface area contributed by atoms with Crippen LogP contribution in [0.15, 0.2) is 48.9 Å². The predicted molar refractivity (Wildman–Crippen MR) is 77.6 cm³/mol. The van der Waals surface area contributed by atoms with Gasteiger partial charge >= 0.3 is 5.97 Å². The molecular formula is C17H19N2O2+. The fraction of sp³-hybridized carbons (Fsp3) is 0.353. The predicted octanol–water partition coefficient (Wildman–Crippen LogP) is 2.52. The summed E-state index contributed by atoms with van der Waals surface area (Å²) in [5.74, 6) is -0.315. The molecule has 0 N–H and O–H groups in total. The van der Waals surface area contributed by atoms with E-state index >= 15 is 0 Å². The first-order valence-corrected chi connectivity index (χ1v) is 7.41. The Labute approximate surface area is 124 Å². The number of nitrogens with zero attached hydrogens (tertiary/aromatic N) is 2. The first-order chi connectivity index (χ1) is 10.3. The summed E-state index contributed by atoms with van der Waals surface area (Å²) in [7, 11) is 0. The molecule has 21 heavy (non-hydrogen) atoms. The third kappa shape index (κ3) is 3.66. The molecule has 0 amide bonds. The van der Waals surface area contributed by atoms with Gasteiger partial charge in [0.05, 0.1) is 6.20 Å². The monoisotopic (exact) mass is 283 g/mol. The highest BCUT2D eigenvalue weighted by atomic mass is 16.5. The first kappa shape index (κ1) is 13.7. The molecule has 0 radical (unpaired) electrons. The van der Waals surface area contributed by atoms with Crippen molar-refractivity contribution in [2.45, 2.75) is 38.3 Å². The number of esters is 1. The van der Waals surface area contributed by atoms with E-state index in [4.69, 9.17) is 4.74 Å². The van der Waals surface area contributed by atoms with Crippen LogP contribution in [0.2, 0.25) is 0 Å². The highest BCUT2D eigenvalue weighted by Gasteiger charge is 2.22. The Balaban J connectivity index is 1.69. The van der Waals surface area contributed by atoms with Crippen molar-refractivity contribution in [2.75, 3.05) is 0 Å². The van der Waals surface area contributed by atoms with Gasteiger partial charge < -0.3 is 4.74 Å². The molecule has 1 heterocycles. The van der Waals surface area contributed by atoms with Crippen LogP contribution < -0.4 is 4.57 Å². The van der Waals surface area contributed by atoms with E-state index in [1.165, 1.54) is 5.56 Å². The van der Waals surface area contributed by atoms with E-state index < -0.39 is 0 Å². The number of hydrogen-bond acceptors (Lipinski definition) is 3. The Hall–Kier alpha value is -2.23. The highest BCUT2D eigenvalue weighted by Crippen LogP contribution is 2.21. The molecule has 0 aliphatic heterocycles. The SMILES string of the molecule is O=C(OC1CCCC1)c1c[n+](Cc2ccccc2)ccn1. The molecule has 0 bridgehead atoms. The van der Waals surface area contributed by atoms with Crippen molar-refractivity contribution in [1.82, 2.24) is 4.98 Å². The Morgan fingerprint density at radius 3 is 2.76 bits per heavy atom. The van der Waals surface area contributed by atoms with Gasteiger partial charge in [0.25, 0.3) is 0 Å². The first-order valence-electron chi connectivity index (χ1n) is 7.41. The Bertz CT molecular complexity index is 607. The highest BCUT2D eigenvalue weighted by molar-refractivity contribution is 5.86. The molecule has 2 aromatic rings. The van der Waals surface area contributed by atoms with E-state index in [1.807, 2.05) is 29.0 Å². The summed E-state index contributed by atoms with van der Waals surface area (Å²) in [5, 5.41) is 0. The lowest BCUT2D eigenvalue weighted by molar-refractivity contribution is -0.689. The number of ether oxygens (including phenoxy) is 1. The zero-order valence-electron chi connectivity index (χ0n) is 11.9. The Morgan fingerprint density at radius 2 is 2.00 bits per heavy atom. The smallest absolute Gasteiger partial charge is 0.363 e. The van der Waals surface area contributed by atoms with Crippen LogP contribution in [0.5, 0.6) is 0 Å². The Kier molecular flexibility index (Phi) is 4.24. The zero-order chi connectivity index (χ0) is 14.5. The zero-order valence-corrected chi connectivity index (χ0v) is 11.9. The normalized spacial score (nSPS) is 15.0. The van der Waals surface area contributed by atoms with Crippen LogP contribution in [-0.2, 0) is 11.3 Å². The van der Waals surface area contributed by atoms with Gasteiger partial charge in [-0.2, -0.15) is 4.57 Å². The topological polar surface area (TPSA) is 43.1 Å². The van der Waals surface area contributed by atoms with Gasteiger partial charge in [-0.25, -0.2) is 9.78 Å². The summed E-state index contributed by atoms with van der Waals surface area (Å²) in [5.41, 5.74) is 1.56. The molecule has 1 aromatic carbocycles. The molecule has 1 aliphatic carbocycles. The van der Waals surface area contributed by atoms with E-state index in [-0.39, 0.29) is 12.1 Å². The maximum Gasteiger partial charge on any atom is 0.363 e. The van der Waals surface area contributed by atoms with Crippen molar-refractivity contribution in [3.05, 3.63) is 60.2 Å². The van der Waals surface area contributed by atoms with Crippen molar-refractivity contribution in [2.24, 2.45) is 0 Å². The summed E-state index contributed by atoms with van der Waals surface area (Å²) in [6.07, 6.45) is 9.58. The van der Waals surface area contributed by atoms with E-state index in [1.54, 1.807) is 12.4 Å². The Morgan fingerprint density at radius 1 is 1.24 bits per heavy atom. The average Bonchev–Trinajstić information content (AvgIpc) is 3.01. The summed E-state index contributed by atoms with van der Waals surface area (Å²) in [6.45, 7) is 0.715. The third-order valence-electron chi connectivity index (χ3n) is 3.75. The van der Waals surface area contributed by atoms with Gasteiger partial charge in [0.15, 0.2) is 12.7 Å². The van der Waals surface area contributed by atoms with Crippen molar-refractivity contribution < 1.29 is 14.1 Å². The molecule has 4 heteroatoms. The molecular weight excluding hydrogens is 264 g/mol. The molecule has 0 saturated heterocycles. The molecule has 1 saturated carbocycles. The van der Waals surface area contributed by atoms with Gasteiger partial charge in [-0.05, 0) is 25.7 Å². The summed E-state index contributed by atoms with van der Waals surface area (Å²) in [6, 6.07) is 10.1. The summed E-state index contributed by atoms with van der Waals surface area (Å²) >= 11 is 0. The second kappa shape index (κ2) is 6.48. The molecule has 0 spiro atoms. The maximum absolute atomic E-state index is 12.1. The molecule has 3 rings (SSSR count). The number of aromatic nitrogens is 2. The summed E-state index contributed by atoms with van der Waals surface area (Å²) in [4.78, 5) is 16.2. The molecule has 1 fully saturated rings. The number of hydrogen-bond donors (Lipinski definition) is 0. The van der Waals surface area contributed by atoms with Gasteiger partial charge in [-0.15, -0.1) is 0 Å². The number of rotatable bonds is 4. The van der Waals surface area contributed by atoms with E-state index in [0.717, 1.165) is 25.7 Å². The summed E-state index contributed by atoms with van der Waals surface area (Å²) < 4.78 is 7.44. The largest absolute Gasteiger partial charge is 0.457 e. The number of benzene rings is 1. The van der Waals surface area contributed by atoms with Gasteiger partial charge in [-0.1, -0.05) is 30.3 Å². The van der Waals surface area contributed by atoms with Gasteiger partial charge in [-0.3, -0.25) is 0 Å². The lowest BCUT2D eigenvalue weighted by Gasteiger charge is -2.09. The van der Waals surface area contributed by atoms with Crippen molar-refractivity contribution in [3.8, 4) is 0 Å².